The van der Waals surface area contributed by atoms with Gasteiger partial charge >= 0.3 is 0 Å². The van der Waals surface area contributed by atoms with Crippen LogP contribution in [0.3, 0.4) is 0 Å². The molecule has 3 rings (SSSR count). The molecule has 0 saturated carbocycles. The lowest BCUT2D eigenvalue weighted by molar-refractivity contribution is -0.137. The summed E-state index contributed by atoms with van der Waals surface area (Å²) in [5.74, 6) is 1.37. The van der Waals surface area contributed by atoms with Gasteiger partial charge in [-0.05, 0) is 56.6 Å². The third-order valence-corrected chi connectivity index (χ3v) is 6.61. The van der Waals surface area contributed by atoms with E-state index in [2.05, 4.69) is 18.8 Å². The number of nitrogens with zero attached hydrogens (tertiary/aromatic N) is 3. The van der Waals surface area contributed by atoms with Gasteiger partial charge in [-0.15, -0.1) is 0 Å². The smallest absolute Gasteiger partial charge is 0.257 e. The summed E-state index contributed by atoms with van der Waals surface area (Å²) >= 11 is 0. The van der Waals surface area contributed by atoms with E-state index in [0.29, 0.717) is 49.6 Å². The minimum atomic E-state index is -0.747. The minimum Gasteiger partial charge on any atom is -0.504 e. The maximum absolute atomic E-state index is 12.9. The van der Waals surface area contributed by atoms with Crippen molar-refractivity contribution in [3.8, 4) is 11.5 Å². The molecular formula is C25H38N4O4. The van der Waals surface area contributed by atoms with Gasteiger partial charge in [-0.1, -0.05) is 32.9 Å². The Kier molecular flexibility index (Phi) is 7.87. The number of nitrogens with two attached hydrogens (primary N) is 1. The largest absolute Gasteiger partial charge is 0.504 e. The van der Waals surface area contributed by atoms with Gasteiger partial charge < -0.3 is 20.5 Å². The number of hydrogen-bond donors (Lipinski definition) is 2. The molecule has 2 heterocycles. The number of phenols is 1. The van der Waals surface area contributed by atoms with Crippen LogP contribution >= 0.6 is 0 Å². The Labute approximate surface area is 196 Å². The number of guanidine groups is 1. The molecule has 0 radical (unpaired) electrons. The third kappa shape index (κ3) is 5.97. The van der Waals surface area contributed by atoms with Crippen LogP contribution in [0.4, 0.5) is 0 Å². The van der Waals surface area contributed by atoms with Crippen LogP contribution in [0.25, 0.3) is 0 Å². The van der Waals surface area contributed by atoms with Gasteiger partial charge in [0.2, 0.25) is 5.91 Å². The number of aliphatic imine (C=N–C) groups is 1. The summed E-state index contributed by atoms with van der Waals surface area (Å²) in [5.41, 5.74) is 5.34. The fraction of sp³-hybridized carbons (Fsp3) is 0.640. The van der Waals surface area contributed by atoms with Crippen molar-refractivity contribution in [3.63, 3.8) is 0 Å². The molecule has 8 heteroatoms. The lowest BCUT2D eigenvalue weighted by atomic mass is 9.90. The number of likely N-dealkylation sites (tertiary alicyclic amines) is 1. The SMILES string of the molecule is CC(C)CC1(C)N=C(N)N(CCC2CCN(C(=O)C(C)COc3ccccc3O)CC2)C1=O. The lowest BCUT2D eigenvalue weighted by Gasteiger charge is -2.34. The monoisotopic (exact) mass is 458 g/mol. The van der Waals surface area contributed by atoms with Crippen molar-refractivity contribution in [1.82, 2.24) is 9.80 Å². The molecule has 2 aliphatic rings. The molecule has 0 aliphatic carbocycles. The molecule has 1 saturated heterocycles. The Morgan fingerprint density at radius 3 is 2.58 bits per heavy atom. The van der Waals surface area contributed by atoms with Crippen LogP contribution in [-0.2, 0) is 9.59 Å². The van der Waals surface area contributed by atoms with E-state index in [1.54, 1.807) is 29.2 Å². The fourth-order valence-corrected chi connectivity index (χ4v) is 4.83. The highest BCUT2D eigenvalue weighted by Gasteiger charge is 2.44. The first kappa shape index (κ1) is 24.9. The maximum atomic E-state index is 12.9. The van der Waals surface area contributed by atoms with E-state index in [9.17, 15) is 14.7 Å². The number of benzene rings is 1. The number of phenolic OH excluding ortho intramolecular Hbond substituents is 1. The van der Waals surface area contributed by atoms with E-state index < -0.39 is 5.54 Å². The van der Waals surface area contributed by atoms with Gasteiger partial charge in [-0.2, -0.15) is 0 Å². The summed E-state index contributed by atoms with van der Waals surface area (Å²) in [7, 11) is 0. The first-order valence-corrected chi connectivity index (χ1v) is 12.0. The van der Waals surface area contributed by atoms with E-state index in [1.165, 1.54) is 0 Å². The second-order valence-corrected chi connectivity index (χ2v) is 10.0. The van der Waals surface area contributed by atoms with E-state index in [1.807, 2.05) is 18.7 Å². The van der Waals surface area contributed by atoms with Crippen molar-refractivity contribution in [2.75, 3.05) is 26.2 Å². The average molecular weight is 459 g/mol. The predicted octanol–water partition coefficient (Wildman–Crippen LogP) is 3.00. The Bertz CT molecular complexity index is 879. The van der Waals surface area contributed by atoms with E-state index in [4.69, 9.17) is 10.5 Å². The first-order chi connectivity index (χ1) is 15.6. The second kappa shape index (κ2) is 10.4. The molecule has 0 spiro atoms. The number of piperidine rings is 1. The summed E-state index contributed by atoms with van der Waals surface area (Å²) in [6, 6.07) is 6.76. The molecule has 1 aromatic carbocycles. The number of ether oxygens (including phenoxy) is 1. The topological polar surface area (TPSA) is 108 Å². The third-order valence-electron chi connectivity index (χ3n) is 6.61. The Morgan fingerprint density at radius 2 is 1.94 bits per heavy atom. The highest BCUT2D eigenvalue weighted by Crippen LogP contribution is 2.30. The van der Waals surface area contributed by atoms with E-state index in [0.717, 1.165) is 19.3 Å². The van der Waals surface area contributed by atoms with Gasteiger partial charge in [0.15, 0.2) is 17.5 Å². The number of carbonyl (C=O) groups excluding carboxylic acids is 2. The number of carbonyl (C=O) groups is 2. The summed E-state index contributed by atoms with van der Waals surface area (Å²) in [6.45, 7) is 10.1. The highest BCUT2D eigenvalue weighted by molar-refractivity contribution is 6.06. The van der Waals surface area contributed by atoms with E-state index in [-0.39, 0.29) is 30.1 Å². The Hall–Kier alpha value is -2.77. The average Bonchev–Trinajstić information content (AvgIpc) is 2.98. The molecule has 2 atom stereocenters. The van der Waals surface area contributed by atoms with Crippen molar-refractivity contribution >= 4 is 17.8 Å². The van der Waals surface area contributed by atoms with Gasteiger partial charge in [0.05, 0.1) is 12.5 Å². The standard InChI is InChI=1S/C25H38N4O4/c1-17(2)15-25(4)23(32)29(24(26)27-25)14-11-19-9-12-28(13-10-19)22(31)18(3)16-33-21-8-6-5-7-20(21)30/h5-8,17-19,30H,9-16H2,1-4H3,(H2,26,27). The number of para-hydroxylation sites is 2. The molecule has 2 amide bonds. The Morgan fingerprint density at radius 1 is 1.27 bits per heavy atom. The number of hydrogen-bond acceptors (Lipinski definition) is 6. The quantitative estimate of drug-likeness (QED) is 0.591. The Balaban J connectivity index is 1.42. The van der Waals surface area contributed by atoms with Crippen molar-refractivity contribution in [2.24, 2.45) is 28.5 Å². The van der Waals surface area contributed by atoms with Gasteiger partial charge in [-0.25, -0.2) is 4.99 Å². The minimum absolute atomic E-state index is 0.000378. The zero-order chi connectivity index (χ0) is 24.2. The van der Waals surface area contributed by atoms with Gasteiger partial charge in [0, 0.05) is 19.6 Å². The normalized spacial score (nSPS) is 22.6. The summed E-state index contributed by atoms with van der Waals surface area (Å²) in [4.78, 5) is 33.7. The van der Waals surface area contributed by atoms with Crippen molar-refractivity contribution < 1.29 is 19.4 Å². The molecule has 2 unspecified atom stereocenters. The summed E-state index contributed by atoms with van der Waals surface area (Å²) < 4.78 is 5.63. The van der Waals surface area contributed by atoms with Crippen LogP contribution < -0.4 is 10.5 Å². The summed E-state index contributed by atoms with van der Waals surface area (Å²) in [5, 5.41) is 9.81. The fourth-order valence-electron chi connectivity index (χ4n) is 4.83. The molecule has 1 fully saturated rings. The molecule has 2 aliphatic heterocycles. The van der Waals surface area contributed by atoms with Crippen molar-refractivity contribution in [3.05, 3.63) is 24.3 Å². The van der Waals surface area contributed by atoms with Gasteiger partial charge in [-0.3, -0.25) is 14.5 Å². The van der Waals surface area contributed by atoms with Gasteiger partial charge in [0.25, 0.3) is 5.91 Å². The van der Waals surface area contributed by atoms with E-state index >= 15 is 0 Å². The van der Waals surface area contributed by atoms with Gasteiger partial charge in [0.1, 0.15) is 5.54 Å². The maximum Gasteiger partial charge on any atom is 0.257 e. The van der Waals surface area contributed by atoms with Crippen LogP contribution in [0.5, 0.6) is 11.5 Å². The molecule has 0 aromatic heterocycles. The lowest BCUT2D eigenvalue weighted by Crippen LogP contribution is -2.45. The molecule has 3 N–H and O–H groups in total. The molecule has 1 aromatic rings. The number of aromatic hydroxyl groups is 1. The highest BCUT2D eigenvalue weighted by atomic mass is 16.5. The zero-order valence-corrected chi connectivity index (χ0v) is 20.3. The first-order valence-electron chi connectivity index (χ1n) is 12.0. The van der Waals surface area contributed by atoms with Crippen LogP contribution in [0.2, 0.25) is 0 Å². The zero-order valence-electron chi connectivity index (χ0n) is 20.3. The molecular weight excluding hydrogens is 420 g/mol. The molecule has 182 valence electrons. The van der Waals surface area contributed by atoms with Crippen LogP contribution in [0.15, 0.2) is 29.3 Å². The predicted molar refractivity (Wildman–Crippen MR) is 128 cm³/mol. The van der Waals surface area contributed by atoms with Crippen LogP contribution in [-0.4, -0.2) is 64.5 Å². The summed E-state index contributed by atoms with van der Waals surface area (Å²) in [6.07, 6.45) is 3.35. The van der Waals surface area contributed by atoms with Crippen molar-refractivity contribution in [1.29, 1.82) is 0 Å². The molecule has 8 nitrogen and oxygen atoms in total. The van der Waals surface area contributed by atoms with Crippen LogP contribution in [0, 0.1) is 17.8 Å². The second-order valence-electron chi connectivity index (χ2n) is 10.0. The van der Waals surface area contributed by atoms with Crippen LogP contribution in [0.1, 0.15) is 53.4 Å². The number of amides is 2. The van der Waals surface area contributed by atoms with Crippen molar-refractivity contribution in [2.45, 2.75) is 58.9 Å². The number of rotatable bonds is 9. The molecule has 0 bridgehead atoms. The molecule has 33 heavy (non-hydrogen) atoms.